The first kappa shape index (κ1) is 12.1. The molecule has 0 bridgehead atoms. The van der Waals surface area contributed by atoms with Gasteiger partial charge in [0.25, 0.3) is 0 Å². The van der Waals surface area contributed by atoms with Gasteiger partial charge < -0.3 is 10.3 Å². The zero-order valence-electron chi connectivity index (χ0n) is 11.0. The number of hydrogen-bond acceptors (Lipinski definition) is 5. The molecule has 0 aliphatic rings. The zero-order chi connectivity index (χ0) is 14.2. The van der Waals surface area contributed by atoms with Gasteiger partial charge in [0.15, 0.2) is 11.6 Å². The smallest absolute Gasteiger partial charge is 0.188 e. The van der Waals surface area contributed by atoms with E-state index in [-0.39, 0.29) is 0 Å². The first-order valence-corrected chi connectivity index (χ1v) is 7.30. The van der Waals surface area contributed by atoms with Gasteiger partial charge in [0.05, 0.1) is 16.1 Å². The molecule has 3 heterocycles. The maximum absolute atomic E-state index is 5.96. The fourth-order valence-electron chi connectivity index (χ4n) is 2.32. The average Bonchev–Trinajstić information content (AvgIpc) is 3.11. The first-order chi connectivity index (χ1) is 10.3. The fraction of sp³-hybridized carbons (Fsp3) is 0. The third kappa shape index (κ3) is 1.98. The van der Waals surface area contributed by atoms with Crippen LogP contribution in [-0.2, 0) is 0 Å². The second-order valence-electron chi connectivity index (χ2n) is 4.64. The molecule has 0 atom stereocenters. The van der Waals surface area contributed by atoms with Gasteiger partial charge in [0.2, 0.25) is 0 Å². The topological polar surface area (TPSA) is 64.9 Å². The molecule has 0 unspecified atom stereocenters. The van der Waals surface area contributed by atoms with E-state index in [4.69, 9.17) is 10.3 Å². The molecule has 0 aliphatic carbocycles. The lowest BCUT2D eigenvalue weighted by atomic mass is 10.1. The molecule has 4 rings (SSSR count). The van der Waals surface area contributed by atoms with E-state index in [1.165, 1.54) is 10.1 Å². The number of benzene rings is 1. The molecule has 21 heavy (non-hydrogen) atoms. The number of pyridine rings is 1. The third-order valence-corrected chi connectivity index (χ3v) is 4.40. The van der Waals surface area contributed by atoms with Gasteiger partial charge in [-0.1, -0.05) is 29.4 Å². The molecule has 0 saturated heterocycles. The van der Waals surface area contributed by atoms with Crippen LogP contribution < -0.4 is 5.73 Å². The Morgan fingerprint density at radius 2 is 1.90 bits per heavy atom. The van der Waals surface area contributed by atoms with E-state index in [1.54, 1.807) is 17.5 Å². The summed E-state index contributed by atoms with van der Waals surface area (Å²) in [6, 6.07) is 16.0. The highest BCUT2D eigenvalue weighted by Gasteiger charge is 2.20. The van der Waals surface area contributed by atoms with Crippen molar-refractivity contribution < 1.29 is 4.52 Å². The number of aromatic nitrogens is 2. The lowest BCUT2D eigenvalue weighted by Gasteiger charge is -1.99. The van der Waals surface area contributed by atoms with E-state index in [0.29, 0.717) is 11.6 Å². The van der Waals surface area contributed by atoms with E-state index in [1.807, 2.05) is 30.3 Å². The Bertz CT molecular complexity index is 879. The van der Waals surface area contributed by atoms with Crippen molar-refractivity contribution in [3.05, 3.63) is 54.7 Å². The van der Waals surface area contributed by atoms with Crippen LogP contribution in [0.3, 0.4) is 0 Å². The van der Waals surface area contributed by atoms with E-state index in [2.05, 4.69) is 28.3 Å². The molecule has 0 fully saturated rings. The molecule has 5 heteroatoms. The van der Waals surface area contributed by atoms with Crippen molar-refractivity contribution in [2.45, 2.75) is 0 Å². The van der Waals surface area contributed by atoms with Gasteiger partial charge in [0, 0.05) is 10.9 Å². The first-order valence-electron chi connectivity index (χ1n) is 6.48. The summed E-state index contributed by atoms with van der Waals surface area (Å²) in [6.07, 6.45) is 1.73. The summed E-state index contributed by atoms with van der Waals surface area (Å²) in [6.45, 7) is 0. The molecule has 0 spiro atoms. The van der Waals surface area contributed by atoms with Crippen LogP contribution in [-0.4, -0.2) is 10.1 Å². The summed E-state index contributed by atoms with van der Waals surface area (Å²) in [7, 11) is 0. The highest BCUT2D eigenvalue weighted by atomic mass is 32.1. The van der Waals surface area contributed by atoms with Crippen LogP contribution >= 0.6 is 11.3 Å². The minimum atomic E-state index is 0.362. The molecule has 0 radical (unpaired) electrons. The molecule has 3 aromatic heterocycles. The van der Waals surface area contributed by atoms with Gasteiger partial charge in [-0.15, -0.1) is 11.3 Å². The van der Waals surface area contributed by atoms with Crippen LogP contribution in [0.2, 0.25) is 0 Å². The fourth-order valence-corrected chi connectivity index (χ4v) is 3.37. The van der Waals surface area contributed by atoms with Crippen molar-refractivity contribution in [3.8, 4) is 21.9 Å². The molecule has 0 saturated carbocycles. The molecule has 4 aromatic rings. The van der Waals surface area contributed by atoms with Gasteiger partial charge in [0.1, 0.15) is 0 Å². The average molecular weight is 293 g/mol. The van der Waals surface area contributed by atoms with Gasteiger partial charge in [-0.2, -0.15) is 0 Å². The van der Waals surface area contributed by atoms with E-state index < -0.39 is 0 Å². The van der Waals surface area contributed by atoms with Crippen molar-refractivity contribution in [2.75, 3.05) is 5.73 Å². The van der Waals surface area contributed by atoms with Crippen LogP contribution in [0.25, 0.3) is 32.0 Å². The quantitative estimate of drug-likeness (QED) is 0.601. The van der Waals surface area contributed by atoms with Crippen molar-refractivity contribution in [1.82, 2.24) is 10.1 Å². The van der Waals surface area contributed by atoms with Crippen LogP contribution in [0.15, 0.2) is 59.3 Å². The molecule has 0 aliphatic heterocycles. The molecular weight excluding hydrogens is 282 g/mol. The summed E-state index contributed by atoms with van der Waals surface area (Å²) >= 11 is 1.66. The third-order valence-electron chi connectivity index (χ3n) is 3.29. The summed E-state index contributed by atoms with van der Waals surface area (Å²) in [4.78, 5) is 5.35. The Morgan fingerprint density at radius 3 is 2.71 bits per heavy atom. The minimum Gasteiger partial charge on any atom is -0.380 e. The monoisotopic (exact) mass is 293 g/mol. The Balaban J connectivity index is 1.93. The van der Waals surface area contributed by atoms with Crippen molar-refractivity contribution >= 4 is 27.2 Å². The maximum atomic E-state index is 5.96. The van der Waals surface area contributed by atoms with E-state index >= 15 is 0 Å². The zero-order valence-corrected chi connectivity index (χ0v) is 11.8. The lowest BCUT2D eigenvalue weighted by Crippen LogP contribution is -1.90. The molecule has 0 amide bonds. The second kappa shape index (κ2) is 4.71. The van der Waals surface area contributed by atoms with E-state index in [0.717, 1.165) is 16.1 Å². The number of nitrogens with zero attached hydrogens (tertiary/aromatic N) is 2. The van der Waals surface area contributed by atoms with Crippen LogP contribution in [0.1, 0.15) is 0 Å². The largest absolute Gasteiger partial charge is 0.380 e. The SMILES string of the molecule is Nc1noc(-c2cc3ccccc3s2)c1-c1ccccn1. The number of nitrogen functional groups attached to an aromatic ring is 1. The lowest BCUT2D eigenvalue weighted by molar-refractivity contribution is 0.437. The molecule has 102 valence electrons. The van der Waals surface area contributed by atoms with E-state index in [9.17, 15) is 0 Å². The summed E-state index contributed by atoms with van der Waals surface area (Å²) in [5, 5.41) is 5.09. The van der Waals surface area contributed by atoms with Crippen molar-refractivity contribution in [1.29, 1.82) is 0 Å². The Hall–Kier alpha value is -2.66. The number of rotatable bonds is 2. The van der Waals surface area contributed by atoms with Gasteiger partial charge in [-0.3, -0.25) is 4.98 Å². The second-order valence-corrected chi connectivity index (χ2v) is 5.72. The molecule has 2 N–H and O–H groups in total. The normalized spacial score (nSPS) is 11.0. The highest BCUT2D eigenvalue weighted by molar-refractivity contribution is 7.22. The van der Waals surface area contributed by atoms with Crippen LogP contribution in [0.5, 0.6) is 0 Å². The van der Waals surface area contributed by atoms with Crippen molar-refractivity contribution in [3.63, 3.8) is 0 Å². The standard InChI is InChI=1S/C16H11N3OS/c17-16-14(11-6-3-4-8-18-11)15(20-19-16)13-9-10-5-1-2-7-12(10)21-13/h1-9H,(H2,17,19). The highest BCUT2D eigenvalue weighted by Crippen LogP contribution is 2.40. The number of nitrogens with two attached hydrogens (primary N) is 1. The number of fused-ring (bicyclic) bond motifs is 1. The Kier molecular flexibility index (Phi) is 2.72. The van der Waals surface area contributed by atoms with Crippen molar-refractivity contribution in [2.24, 2.45) is 0 Å². The molecule has 4 nitrogen and oxygen atoms in total. The number of anilines is 1. The predicted octanol–water partition coefficient (Wildman–Crippen LogP) is 4.20. The van der Waals surface area contributed by atoms with Gasteiger partial charge in [-0.25, -0.2) is 0 Å². The molecule has 1 aromatic carbocycles. The summed E-state index contributed by atoms with van der Waals surface area (Å²) in [5.41, 5.74) is 7.48. The number of thiophene rings is 1. The Labute approximate surface area is 124 Å². The molecular formula is C16H11N3OS. The number of hydrogen-bond donors (Lipinski definition) is 1. The summed E-state index contributed by atoms with van der Waals surface area (Å²) < 4.78 is 6.66. The minimum absolute atomic E-state index is 0.362. The predicted molar refractivity (Wildman–Crippen MR) is 85.0 cm³/mol. The van der Waals surface area contributed by atoms with Crippen LogP contribution in [0.4, 0.5) is 5.82 Å². The maximum Gasteiger partial charge on any atom is 0.188 e. The van der Waals surface area contributed by atoms with Gasteiger partial charge in [-0.05, 0) is 29.7 Å². The Morgan fingerprint density at radius 1 is 1.05 bits per heavy atom. The van der Waals surface area contributed by atoms with Gasteiger partial charge >= 0.3 is 0 Å². The van der Waals surface area contributed by atoms with Crippen LogP contribution in [0, 0.1) is 0 Å². The summed E-state index contributed by atoms with van der Waals surface area (Å²) in [5.74, 6) is 1.04.